The molecule has 0 heterocycles. The van der Waals surface area contributed by atoms with Crippen LogP contribution in [0.5, 0.6) is 0 Å². The Labute approximate surface area is 152 Å². The minimum absolute atomic E-state index is 0.972. The zero-order valence-electron chi connectivity index (χ0n) is 17.4. The summed E-state index contributed by atoms with van der Waals surface area (Å²) in [6, 6.07) is 0. The van der Waals surface area contributed by atoms with Crippen molar-refractivity contribution in [3.05, 3.63) is 0 Å². The number of rotatable bonds is 15. The molecular formula is C21H45NO2. The van der Waals surface area contributed by atoms with Crippen molar-refractivity contribution in [2.45, 2.75) is 105 Å². The van der Waals surface area contributed by atoms with E-state index in [0.717, 1.165) is 6.92 Å². The summed E-state index contributed by atoms with van der Waals surface area (Å²) in [7, 11) is 2.52. The molecule has 0 saturated carbocycles. The fourth-order valence-electron chi connectivity index (χ4n) is 3.10. The third-order valence-corrected chi connectivity index (χ3v) is 4.65. The van der Waals surface area contributed by atoms with E-state index in [9.17, 15) is 0 Å². The molecule has 0 aromatic heterocycles. The molecule has 0 fully saturated rings. The van der Waals surface area contributed by atoms with Crippen LogP contribution in [-0.2, 0) is 4.79 Å². The highest BCUT2D eigenvalue weighted by Crippen LogP contribution is 2.14. The zero-order chi connectivity index (χ0) is 18.7. The van der Waals surface area contributed by atoms with Crippen LogP contribution in [0.4, 0.5) is 0 Å². The van der Waals surface area contributed by atoms with Gasteiger partial charge in [0.2, 0.25) is 0 Å². The summed E-state index contributed by atoms with van der Waals surface area (Å²) < 4.78 is 1.34. The number of unbranched alkanes of at least 4 members (excludes halogenated alkanes) is 9. The van der Waals surface area contributed by atoms with Gasteiger partial charge in [-0.05, 0) is 45.4 Å². The van der Waals surface area contributed by atoms with Gasteiger partial charge in [0.05, 0.1) is 26.7 Å². The summed E-state index contributed by atoms with van der Waals surface area (Å²) in [6.45, 7) is 12.1. The van der Waals surface area contributed by atoms with Crippen molar-refractivity contribution in [1.29, 1.82) is 0 Å². The molecule has 0 unspecified atom stereocenters. The zero-order valence-corrected chi connectivity index (χ0v) is 17.4. The first-order chi connectivity index (χ1) is 11.4. The summed E-state index contributed by atoms with van der Waals surface area (Å²) >= 11 is 0. The average Bonchev–Trinajstić information content (AvgIpc) is 2.52. The van der Waals surface area contributed by atoms with Crippen LogP contribution in [0.3, 0.4) is 0 Å². The Morgan fingerprint density at radius 1 is 0.667 bits per heavy atom. The lowest BCUT2D eigenvalue weighted by Crippen LogP contribution is -2.46. The first-order valence-corrected chi connectivity index (χ1v) is 10.4. The molecule has 3 heteroatoms. The molecule has 0 saturated heterocycles. The minimum Gasteiger partial charge on any atom is -0.550 e. The summed E-state index contributed by atoms with van der Waals surface area (Å²) in [6.07, 6.45) is 17.0. The van der Waals surface area contributed by atoms with E-state index in [4.69, 9.17) is 9.90 Å². The maximum Gasteiger partial charge on any atom is 0.0784 e. The Bertz CT molecular complexity index is 231. The van der Waals surface area contributed by atoms with Crippen LogP contribution in [0, 0.1) is 0 Å². The van der Waals surface area contributed by atoms with Gasteiger partial charge in [0.15, 0.2) is 0 Å². The summed E-state index contributed by atoms with van der Waals surface area (Å²) in [4.78, 5) is 8.89. The monoisotopic (exact) mass is 343 g/mol. The summed E-state index contributed by atoms with van der Waals surface area (Å²) in [5.74, 6) is -1.08. The van der Waals surface area contributed by atoms with E-state index in [1.807, 2.05) is 0 Å². The average molecular weight is 344 g/mol. The molecule has 146 valence electrons. The van der Waals surface area contributed by atoms with Crippen LogP contribution < -0.4 is 5.11 Å². The van der Waals surface area contributed by atoms with E-state index in [1.54, 1.807) is 0 Å². The van der Waals surface area contributed by atoms with Gasteiger partial charge in [0.25, 0.3) is 0 Å². The lowest BCUT2D eigenvalue weighted by Gasteiger charge is -2.35. The van der Waals surface area contributed by atoms with E-state index < -0.39 is 5.97 Å². The molecule has 0 spiro atoms. The molecule has 0 N–H and O–H groups in total. The second-order valence-corrected chi connectivity index (χ2v) is 7.46. The first-order valence-electron chi connectivity index (χ1n) is 10.4. The number of quaternary nitrogens is 1. The predicted molar refractivity (Wildman–Crippen MR) is 104 cm³/mol. The fourth-order valence-corrected chi connectivity index (χ4v) is 3.10. The molecule has 0 radical (unpaired) electrons. The Balaban J connectivity index is 0. The van der Waals surface area contributed by atoms with Crippen molar-refractivity contribution in [2.24, 2.45) is 0 Å². The summed E-state index contributed by atoms with van der Waals surface area (Å²) in [5.41, 5.74) is 0. The smallest absolute Gasteiger partial charge is 0.0784 e. The highest BCUT2D eigenvalue weighted by molar-refractivity contribution is 5.60. The number of carbonyl (C=O) groups excluding carboxylic acids is 1. The number of carboxylic acids is 1. The quantitative estimate of drug-likeness (QED) is 0.312. The maximum absolute atomic E-state index is 8.89. The van der Waals surface area contributed by atoms with E-state index in [2.05, 4.69) is 27.8 Å². The maximum atomic E-state index is 8.89. The lowest BCUT2D eigenvalue weighted by molar-refractivity contribution is -0.910. The Morgan fingerprint density at radius 3 is 1.12 bits per heavy atom. The molecule has 0 aliphatic rings. The molecule has 0 amide bonds. The van der Waals surface area contributed by atoms with Gasteiger partial charge in [-0.3, -0.25) is 0 Å². The number of hydrogen-bond donors (Lipinski definition) is 0. The highest BCUT2D eigenvalue weighted by atomic mass is 16.4. The van der Waals surface area contributed by atoms with Crippen LogP contribution in [0.1, 0.15) is 105 Å². The summed E-state index contributed by atoms with van der Waals surface area (Å²) in [5, 5.41) is 8.89. The molecule has 0 atom stereocenters. The lowest BCUT2D eigenvalue weighted by atomic mass is 10.1. The van der Waals surface area contributed by atoms with Crippen LogP contribution in [-0.4, -0.2) is 37.1 Å². The van der Waals surface area contributed by atoms with Crippen LogP contribution >= 0.6 is 0 Å². The minimum atomic E-state index is -1.08. The van der Waals surface area contributed by atoms with Crippen LogP contribution in [0.25, 0.3) is 0 Å². The van der Waals surface area contributed by atoms with Gasteiger partial charge in [0.1, 0.15) is 0 Å². The van der Waals surface area contributed by atoms with Crippen LogP contribution in [0.2, 0.25) is 0 Å². The van der Waals surface area contributed by atoms with E-state index in [0.29, 0.717) is 0 Å². The Hall–Kier alpha value is -0.570. The molecule has 24 heavy (non-hydrogen) atoms. The normalized spacial score (nSPS) is 11.0. The number of nitrogens with zero attached hydrogens (tertiary/aromatic N) is 1. The van der Waals surface area contributed by atoms with Crippen molar-refractivity contribution in [3.8, 4) is 0 Å². The molecular weight excluding hydrogens is 298 g/mol. The first kappa shape index (κ1) is 25.7. The number of hydrogen-bond acceptors (Lipinski definition) is 2. The SMILES string of the molecule is CC(=O)[O-].CCCCCC[N+](C)(CCCCCC)CCCCCC. The van der Waals surface area contributed by atoms with Crippen molar-refractivity contribution in [3.63, 3.8) is 0 Å². The van der Waals surface area contributed by atoms with E-state index in [1.165, 1.54) is 101 Å². The third kappa shape index (κ3) is 21.4. The third-order valence-electron chi connectivity index (χ3n) is 4.65. The Morgan fingerprint density at radius 2 is 0.917 bits per heavy atom. The molecule has 3 nitrogen and oxygen atoms in total. The van der Waals surface area contributed by atoms with Gasteiger partial charge >= 0.3 is 0 Å². The van der Waals surface area contributed by atoms with E-state index in [-0.39, 0.29) is 0 Å². The molecule has 0 aromatic carbocycles. The van der Waals surface area contributed by atoms with Crippen molar-refractivity contribution >= 4 is 5.97 Å². The number of aliphatic carboxylic acids is 1. The van der Waals surface area contributed by atoms with Crippen molar-refractivity contribution in [2.75, 3.05) is 26.7 Å². The standard InChI is InChI=1S/C19H42N.C2H4O2/c1-5-8-11-14-17-20(4,18-15-12-9-6-2)19-16-13-10-7-3;1-2(3)4/h5-19H2,1-4H3;1H3,(H,3,4)/q+1;/p-1. The largest absolute Gasteiger partial charge is 0.550 e. The van der Waals surface area contributed by atoms with Gasteiger partial charge in [-0.2, -0.15) is 0 Å². The second-order valence-electron chi connectivity index (χ2n) is 7.46. The second kappa shape index (κ2) is 18.8. The molecule has 0 aliphatic carbocycles. The fraction of sp³-hybridized carbons (Fsp3) is 0.952. The van der Waals surface area contributed by atoms with Crippen molar-refractivity contribution in [1.82, 2.24) is 0 Å². The van der Waals surface area contributed by atoms with E-state index >= 15 is 0 Å². The molecule has 0 aliphatic heterocycles. The number of carboxylic acid groups (broad SMARTS) is 1. The molecule has 0 aromatic rings. The van der Waals surface area contributed by atoms with Gasteiger partial charge in [-0.15, -0.1) is 0 Å². The highest BCUT2D eigenvalue weighted by Gasteiger charge is 2.19. The Kier molecular flexibility index (Phi) is 20.1. The van der Waals surface area contributed by atoms with Gasteiger partial charge in [-0.1, -0.05) is 59.3 Å². The number of carbonyl (C=O) groups is 1. The van der Waals surface area contributed by atoms with Gasteiger partial charge in [-0.25, -0.2) is 0 Å². The van der Waals surface area contributed by atoms with Gasteiger partial charge in [0, 0.05) is 5.97 Å². The van der Waals surface area contributed by atoms with Crippen molar-refractivity contribution < 1.29 is 14.4 Å². The van der Waals surface area contributed by atoms with Gasteiger partial charge < -0.3 is 14.4 Å². The topological polar surface area (TPSA) is 40.1 Å². The molecule has 0 rings (SSSR count). The molecule has 0 bridgehead atoms. The van der Waals surface area contributed by atoms with Crippen LogP contribution in [0.15, 0.2) is 0 Å². The predicted octanol–water partition coefficient (Wildman–Crippen LogP) is 4.93.